The lowest BCUT2D eigenvalue weighted by Crippen LogP contribution is -2.49. The Balaban J connectivity index is 1.88. The smallest absolute Gasteiger partial charge is 0.217 e. The molecule has 4 nitrogen and oxygen atoms in total. The minimum absolute atomic E-state index is 0.0165. The van der Waals surface area contributed by atoms with Gasteiger partial charge >= 0.3 is 0 Å². The molecule has 3 rings (SSSR count). The van der Waals surface area contributed by atoms with Gasteiger partial charge in [-0.25, -0.2) is 4.39 Å². The molecular weight excluding hydrogens is 331 g/mol. The van der Waals surface area contributed by atoms with Gasteiger partial charge in [0.2, 0.25) is 5.91 Å². The predicted octanol–water partition coefficient (Wildman–Crippen LogP) is 3.68. The average Bonchev–Trinajstić information content (AvgIpc) is 2.64. The van der Waals surface area contributed by atoms with Gasteiger partial charge in [0, 0.05) is 19.5 Å². The van der Waals surface area contributed by atoms with Crippen LogP contribution in [-0.4, -0.2) is 30.5 Å². The van der Waals surface area contributed by atoms with E-state index in [2.05, 4.69) is 22.3 Å². The number of amides is 1. The number of ether oxygens (including phenoxy) is 1. The van der Waals surface area contributed by atoms with Crippen LogP contribution in [0.3, 0.4) is 0 Å². The number of likely N-dealkylation sites (tertiary alicyclic amines) is 1. The molecule has 1 N–H and O–H groups in total. The van der Waals surface area contributed by atoms with Crippen LogP contribution in [0.4, 0.5) is 4.39 Å². The number of methoxy groups -OCH3 is 1. The van der Waals surface area contributed by atoms with Crippen LogP contribution in [0.15, 0.2) is 48.5 Å². The molecule has 26 heavy (non-hydrogen) atoms. The molecule has 1 saturated heterocycles. The molecule has 1 heterocycles. The number of hydrogen-bond acceptors (Lipinski definition) is 3. The van der Waals surface area contributed by atoms with Gasteiger partial charge < -0.3 is 10.1 Å². The molecule has 2 atom stereocenters. The summed E-state index contributed by atoms with van der Waals surface area (Å²) in [6.07, 6.45) is 1.95. The summed E-state index contributed by atoms with van der Waals surface area (Å²) >= 11 is 0. The number of nitrogens with zero attached hydrogens (tertiary/aromatic N) is 1. The Labute approximate surface area is 154 Å². The number of rotatable bonds is 5. The Kier molecular flexibility index (Phi) is 5.89. The summed E-state index contributed by atoms with van der Waals surface area (Å²) in [5, 5.41) is 3.11. The van der Waals surface area contributed by atoms with Crippen LogP contribution in [0.5, 0.6) is 5.75 Å². The second kappa shape index (κ2) is 8.32. The van der Waals surface area contributed by atoms with Gasteiger partial charge in [0.15, 0.2) is 0 Å². The van der Waals surface area contributed by atoms with Gasteiger partial charge in [0.05, 0.1) is 13.2 Å². The Bertz CT molecular complexity index is 731. The number of hydrogen-bond donors (Lipinski definition) is 1. The van der Waals surface area contributed by atoms with Crippen LogP contribution < -0.4 is 10.1 Å². The average molecular weight is 356 g/mol. The van der Waals surface area contributed by atoms with Gasteiger partial charge in [-0.2, -0.15) is 0 Å². The van der Waals surface area contributed by atoms with Crippen molar-refractivity contribution in [1.29, 1.82) is 0 Å². The van der Waals surface area contributed by atoms with Gasteiger partial charge in [0.25, 0.3) is 0 Å². The third-order valence-corrected chi connectivity index (χ3v) is 4.88. The quantitative estimate of drug-likeness (QED) is 0.889. The molecule has 1 unspecified atom stereocenters. The zero-order valence-electron chi connectivity index (χ0n) is 15.2. The van der Waals surface area contributed by atoms with Gasteiger partial charge in [-0.1, -0.05) is 24.3 Å². The van der Waals surface area contributed by atoms with Gasteiger partial charge in [0.1, 0.15) is 11.6 Å². The van der Waals surface area contributed by atoms with Crippen LogP contribution in [0, 0.1) is 5.82 Å². The second-order valence-corrected chi connectivity index (χ2v) is 6.76. The third-order valence-electron chi connectivity index (χ3n) is 4.88. The van der Waals surface area contributed by atoms with Crippen molar-refractivity contribution in [2.45, 2.75) is 38.4 Å². The summed E-state index contributed by atoms with van der Waals surface area (Å²) in [5.74, 6) is 0.568. The van der Waals surface area contributed by atoms with Gasteiger partial charge in [-0.05, 0) is 54.8 Å². The number of carbonyl (C=O) groups excluding carboxylic acids is 1. The summed E-state index contributed by atoms with van der Waals surface area (Å²) in [6.45, 7) is 3.21. The number of halogens is 1. The van der Waals surface area contributed by atoms with Crippen molar-refractivity contribution in [1.82, 2.24) is 10.2 Å². The monoisotopic (exact) mass is 356 g/mol. The van der Waals surface area contributed by atoms with E-state index in [0.717, 1.165) is 36.3 Å². The van der Waals surface area contributed by atoms with E-state index in [0.29, 0.717) is 6.54 Å². The summed E-state index contributed by atoms with van der Waals surface area (Å²) in [5.41, 5.74) is 2.21. The van der Waals surface area contributed by atoms with Crippen LogP contribution in [0.25, 0.3) is 0 Å². The molecular formula is C21H25FN2O2. The van der Waals surface area contributed by atoms with E-state index in [9.17, 15) is 9.18 Å². The van der Waals surface area contributed by atoms with E-state index < -0.39 is 0 Å². The maximum Gasteiger partial charge on any atom is 0.217 e. The van der Waals surface area contributed by atoms with Crippen molar-refractivity contribution in [3.05, 3.63) is 65.5 Å². The molecule has 1 amide bonds. The molecule has 2 aromatic carbocycles. The molecule has 0 spiro atoms. The van der Waals surface area contributed by atoms with E-state index in [1.807, 2.05) is 24.3 Å². The van der Waals surface area contributed by atoms with E-state index >= 15 is 0 Å². The Morgan fingerprint density at radius 1 is 1.19 bits per heavy atom. The van der Waals surface area contributed by atoms with Crippen LogP contribution in [0.2, 0.25) is 0 Å². The van der Waals surface area contributed by atoms with E-state index in [-0.39, 0.29) is 23.8 Å². The minimum atomic E-state index is -0.227. The highest BCUT2D eigenvalue weighted by molar-refractivity contribution is 5.73. The first-order valence-corrected chi connectivity index (χ1v) is 8.96. The zero-order valence-corrected chi connectivity index (χ0v) is 15.2. The molecule has 0 bridgehead atoms. The van der Waals surface area contributed by atoms with Crippen molar-refractivity contribution in [3.8, 4) is 5.75 Å². The SMILES string of the molecule is COc1ccc(C2[C@H](NC(C)=O)CCCN2Cc2ccc(F)cc2)cc1. The first-order valence-electron chi connectivity index (χ1n) is 8.96. The fourth-order valence-electron chi connectivity index (χ4n) is 3.72. The summed E-state index contributed by atoms with van der Waals surface area (Å²) < 4.78 is 18.5. The van der Waals surface area contributed by atoms with Crippen molar-refractivity contribution >= 4 is 5.91 Å². The van der Waals surface area contributed by atoms with E-state index in [4.69, 9.17) is 4.74 Å². The minimum Gasteiger partial charge on any atom is -0.497 e. The molecule has 138 valence electrons. The van der Waals surface area contributed by atoms with Crippen molar-refractivity contribution in [3.63, 3.8) is 0 Å². The highest BCUT2D eigenvalue weighted by Crippen LogP contribution is 2.33. The standard InChI is InChI=1S/C21H25FN2O2/c1-15(25)23-20-4-3-13-24(14-16-5-9-18(22)10-6-16)21(20)17-7-11-19(26-2)12-8-17/h5-12,20-21H,3-4,13-14H2,1-2H3,(H,23,25)/t20-,21?/m1/s1. The van der Waals surface area contributed by atoms with E-state index in [1.165, 1.54) is 12.1 Å². The van der Waals surface area contributed by atoms with Gasteiger partial charge in [-0.3, -0.25) is 9.69 Å². The zero-order chi connectivity index (χ0) is 18.5. The van der Waals surface area contributed by atoms with E-state index in [1.54, 1.807) is 14.0 Å². The number of nitrogens with one attached hydrogen (secondary N) is 1. The summed E-state index contributed by atoms with van der Waals surface area (Å²) in [7, 11) is 1.65. The molecule has 0 aliphatic carbocycles. The second-order valence-electron chi connectivity index (χ2n) is 6.76. The maximum absolute atomic E-state index is 13.2. The maximum atomic E-state index is 13.2. The molecule has 1 aliphatic heterocycles. The lowest BCUT2D eigenvalue weighted by Gasteiger charge is -2.42. The number of carbonyl (C=O) groups is 1. The normalized spacial score (nSPS) is 20.6. The Morgan fingerprint density at radius 2 is 1.88 bits per heavy atom. The fourth-order valence-corrected chi connectivity index (χ4v) is 3.72. The molecule has 1 fully saturated rings. The molecule has 5 heteroatoms. The first kappa shape index (κ1) is 18.4. The van der Waals surface area contributed by atoms with Crippen LogP contribution in [-0.2, 0) is 11.3 Å². The van der Waals surface area contributed by atoms with Crippen molar-refractivity contribution in [2.24, 2.45) is 0 Å². The Hall–Kier alpha value is -2.40. The molecule has 1 aliphatic rings. The summed E-state index contributed by atoms with van der Waals surface area (Å²) in [4.78, 5) is 14.1. The number of benzene rings is 2. The molecule has 0 aromatic heterocycles. The third kappa shape index (κ3) is 4.41. The highest BCUT2D eigenvalue weighted by atomic mass is 19.1. The largest absolute Gasteiger partial charge is 0.497 e. The van der Waals surface area contributed by atoms with Gasteiger partial charge in [-0.15, -0.1) is 0 Å². The Morgan fingerprint density at radius 3 is 2.50 bits per heavy atom. The molecule has 0 radical (unpaired) electrons. The lowest BCUT2D eigenvalue weighted by atomic mass is 9.89. The highest BCUT2D eigenvalue weighted by Gasteiger charge is 2.33. The first-order chi connectivity index (χ1) is 12.6. The topological polar surface area (TPSA) is 41.6 Å². The molecule has 2 aromatic rings. The van der Waals surface area contributed by atoms with Crippen LogP contribution in [0.1, 0.15) is 36.9 Å². The lowest BCUT2D eigenvalue weighted by molar-refractivity contribution is -0.120. The van der Waals surface area contributed by atoms with Crippen molar-refractivity contribution in [2.75, 3.05) is 13.7 Å². The predicted molar refractivity (Wildman–Crippen MR) is 99.4 cm³/mol. The summed E-state index contributed by atoms with van der Waals surface area (Å²) in [6, 6.07) is 14.8. The van der Waals surface area contributed by atoms with Crippen molar-refractivity contribution < 1.29 is 13.9 Å². The molecule has 0 saturated carbocycles. The number of piperidine rings is 1. The van der Waals surface area contributed by atoms with Crippen LogP contribution >= 0.6 is 0 Å². The fraction of sp³-hybridized carbons (Fsp3) is 0.381.